The average molecular weight is 377 g/mol. The number of sulfone groups is 1. The van der Waals surface area contributed by atoms with Gasteiger partial charge in [0.1, 0.15) is 12.4 Å². The van der Waals surface area contributed by atoms with Gasteiger partial charge in [0.05, 0.1) is 17.0 Å². The number of hydrogen-bond acceptors (Lipinski definition) is 5. The summed E-state index contributed by atoms with van der Waals surface area (Å²) in [4.78, 5) is 12.4. The van der Waals surface area contributed by atoms with E-state index in [-0.39, 0.29) is 23.2 Å². The van der Waals surface area contributed by atoms with Crippen LogP contribution in [0, 0.1) is 0 Å². The van der Waals surface area contributed by atoms with Gasteiger partial charge in [0.15, 0.2) is 9.84 Å². The molecule has 6 nitrogen and oxygen atoms in total. The number of nitrogens with one attached hydrogen (secondary N) is 1. The molecule has 0 saturated heterocycles. The highest BCUT2D eigenvalue weighted by atomic mass is 35.5. The van der Waals surface area contributed by atoms with E-state index in [0.29, 0.717) is 18.9 Å². The molecule has 0 bridgehead atoms. The van der Waals surface area contributed by atoms with E-state index in [1.54, 1.807) is 12.1 Å². The minimum atomic E-state index is -3.20. The lowest BCUT2D eigenvalue weighted by Gasteiger charge is -2.31. The van der Waals surface area contributed by atoms with Crippen molar-refractivity contribution in [3.8, 4) is 5.75 Å². The van der Waals surface area contributed by atoms with Crippen molar-refractivity contribution in [1.82, 2.24) is 5.32 Å². The maximum absolute atomic E-state index is 12.1. The van der Waals surface area contributed by atoms with Crippen LogP contribution in [0.1, 0.15) is 32.1 Å². The Balaban J connectivity index is 0.00000288. The molecule has 8 heteroatoms. The molecular weight excluding hydrogens is 352 g/mol. The lowest BCUT2D eigenvalue weighted by Crippen LogP contribution is -2.55. The summed E-state index contributed by atoms with van der Waals surface area (Å²) in [6.45, 7) is 0.672. The summed E-state index contributed by atoms with van der Waals surface area (Å²) in [5, 5.41) is 2.81. The molecule has 0 heterocycles. The van der Waals surface area contributed by atoms with Crippen LogP contribution in [-0.4, -0.2) is 39.3 Å². The van der Waals surface area contributed by atoms with Gasteiger partial charge in [-0.25, -0.2) is 8.42 Å². The molecule has 1 aliphatic rings. The molecule has 136 valence electrons. The predicted molar refractivity (Wildman–Crippen MR) is 95.3 cm³/mol. The van der Waals surface area contributed by atoms with Crippen molar-refractivity contribution in [2.24, 2.45) is 5.73 Å². The largest absolute Gasteiger partial charge is 0.492 e. The number of amides is 1. The zero-order valence-corrected chi connectivity index (χ0v) is 15.4. The summed E-state index contributed by atoms with van der Waals surface area (Å²) in [5.74, 6) is 0.444. The van der Waals surface area contributed by atoms with E-state index < -0.39 is 15.4 Å². The third-order valence-corrected chi connectivity index (χ3v) is 5.23. The molecule has 1 amide bonds. The van der Waals surface area contributed by atoms with E-state index in [4.69, 9.17) is 10.5 Å². The van der Waals surface area contributed by atoms with Crippen LogP contribution < -0.4 is 15.8 Å². The fourth-order valence-corrected chi connectivity index (χ4v) is 3.33. The van der Waals surface area contributed by atoms with Gasteiger partial charge >= 0.3 is 0 Å². The highest BCUT2D eigenvalue weighted by Gasteiger charge is 2.34. The maximum atomic E-state index is 12.1. The normalized spacial score (nSPS) is 16.8. The van der Waals surface area contributed by atoms with Crippen molar-refractivity contribution >= 4 is 28.2 Å². The fraction of sp³-hybridized carbons (Fsp3) is 0.562. The number of nitrogens with two attached hydrogens (primary N) is 1. The number of carbonyl (C=O) groups is 1. The second-order valence-corrected chi connectivity index (χ2v) is 8.08. The van der Waals surface area contributed by atoms with Crippen molar-refractivity contribution in [2.75, 3.05) is 19.4 Å². The lowest BCUT2D eigenvalue weighted by atomic mass is 9.82. The van der Waals surface area contributed by atoms with Crippen molar-refractivity contribution in [3.05, 3.63) is 24.3 Å². The van der Waals surface area contributed by atoms with Crippen molar-refractivity contribution < 1.29 is 17.9 Å². The van der Waals surface area contributed by atoms with Crippen molar-refractivity contribution in [2.45, 2.75) is 42.5 Å². The van der Waals surface area contributed by atoms with Gasteiger partial charge < -0.3 is 15.8 Å². The Morgan fingerprint density at radius 3 is 2.33 bits per heavy atom. The molecule has 24 heavy (non-hydrogen) atoms. The number of ether oxygens (including phenoxy) is 1. The minimum Gasteiger partial charge on any atom is -0.492 e. The maximum Gasteiger partial charge on any atom is 0.240 e. The van der Waals surface area contributed by atoms with Crippen LogP contribution in [0.25, 0.3) is 0 Å². The zero-order chi connectivity index (χ0) is 16.9. The monoisotopic (exact) mass is 376 g/mol. The van der Waals surface area contributed by atoms with E-state index in [0.717, 1.165) is 38.4 Å². The molecule has 1 saturated carbocycles. The summed E-state index contributed by atoms with van der Waals surface area (Å²) >= 11 is 0. The summed E-state index contributed by atoms with van der Waals surface area (Å²) in [5.41, 5.74) is 5.40. The van der Waals surface area contributed by atoms with Crippen LogP contribution in [0.4, 0.5) is 0 Å². The van der Waals surface area contributed by atoms with Crippen LogP contribution in [0.2, 0.25) is 0 Å². The Labute approximate surface area is 149 Å². The Morgan fingerprint density at radius 1 is 1.21 bits per heavy atom. The lowest BCUT2D eigenvalue weighted by molar-refractivity contribution is -0.127. The molecule has 1 fully saturated rings. The molecule has 0 aromatic heterocycles. The van der Waals surface area contributed by atoms with Crippen LogP contribution in [0.15, 0.2) is 29.2 Å². The number of halogens is 1. The average Bonchev–Trinajstić information content (AvgIpc) is 2.51. The predicted octanol–water partition coefficient (Wildman–Crippen LogP) is 1.67. The summed E-state index contributed by atoms with van der Waals surface area (Å²) in [6.07, 6.45) is 5.74. The smallest absolute Gasteiger partial charge is 0.240 e. The number of rotatable bonds is 6. The van der Waals surface area contributed by atoms with Crippen molar-refractivity contribution in [3.63, 3.8) is 0 Å². The fourth-order valence-electron chi connectivity index (χ4n) is 2.70. The first-order chi connectivity index (χ1) is 10.8. The highest BCUT2D eigenvalue weighted by Crippen LogP contribution is 2.25. The molecule has 1 aromatic carbocycles. The summed E-state index contributed by atoms with van der Waals surface area (Å²) in [6, 6.07) is 6.20. The third-order valence-electron chi connectivity index (χ3n) is 4.11. The van der Waals surface area contributed by atoms with Gasteiger partial charge in [0.2, 0.25) is 5.91 Å². The number of carbonyl (C=O) groups excluding carboxylic acids is 1. The van der Waals surface area contributed by atoms with Gasteiger partial charge in [-0.3, -0.25) is 4.79 Å². The van der Waals surface area contributed by atoms with E-state index >= 15 is 0 Å². The zero-order valence-electron chi connectivity index (χ0n) is 13.8. The van der Waals surface area contributed by atoms with Gasteiger partial charge in [0.25, 0.3) is 0 Å². The van der Waals surface area contributed by atoms with Gasteiger partial charge in [0, 0.05) is 6.26 Å². The Bertz CT molecular complexity index is 641. The van der Waals surface area contributed by atoms with E-state index in [9.17, 15) is 13.2 Å². The van der Waals surface area contributed by atoms with Crippen LogP contribution >= 0.6 is 12.4 Å². The molecule has 1 aliphatic carbocycles. The molecule has 0 aliphatic heterocycles. The van der Waals surface area contributed by atoms with Crippen molar-refractivity contribution in [1.29, 1.82) is 0 Å². The second kappa shape index (κ2) is 8.69. The van der Waals surface area contributed by atoms with E-state index in [2.05, 4.69) is 5.32 Å². The van der Waals surface area contributed by atoms with Crippen LogP contribution in [-0.2, 0) is 14.6 Å². The number of benzene rings is 1. The molecule has 1 aromatic rings. The SMILES string of the molecule is CS(=O)(=O)c1ccc(OCCNC(=O)C2(N)CCCCC2)cc1.Cl. The molecule has 0 radical (unpaired) electrons. The first-order valence-corrected chi connectivity index (χ1v) is 9.70. The van der Waals surface area contributed by atoms with Gasteiger partial charge in [-0.05, 0) is 37.1 Å². The first-order valence-electron chi connectivity index (χ1n) is 7.81. The Kier molecular flexibility index (Phi) is 7.51. The topological polar surface area (TPSA) is 98.5 Å². The summed E-state index contributed by atoms with van der Waals surface area (Å²) in [7, 11) is -3.20. The van der Waals surface area contributed by atoms with Crippen LogP contribution in [0.3, 0.4) is 0 Å². The first kappa shape index (κ1) is 20.7. The Hall–Kier alpha value is -1.31. The second-order valence-electron chi connectivity index (χ2n) is 6.06. The molecule has 2 rings (SSSR count). The molecule has 0 unspecified atom stereocenters. The molecule has 3 N–H and O–H groups in total. The standard InChI is InChI=1S/C16H24N2O4S.ClH/c1-23(20,21)14-7-5-13(6-8-14)22-12-11-18-15(19)16(17)9-3-2-4-10-16;/h5-8H,2-4,9-12,17H2,1H3,(H,18,19);1H. The van der Waals surface area contributed by atoms with E-state index in [1.165, 1.54) is 12.1 Å². The van der Waals surface area contributed by atoms with Gasteiger partial charge in [-0.1, -0.05) is 19.3 Å². The van der Waals surface area contributed by atoms with Gasteiger partial charge in [-0.15, -0.1) is 12.4 Å². The highest BCUT2D eigenvalue weighted by molar-refractivity contribution is 7.90. The minimum absolute atomic E-state index is 0. The molecular formula is C16H25ClN2O4S. The quantitative estimate of drug-likeness (QED) is 0.736. The molecule has 0 spiro atoms. The van der Waals surface area contributed by atoms with E-state index in [1.807, 2.05) is 0 Å². The van der Waals surface area contributed by atoms with Crippen LogP contribution in [0.5, 0.6) is 5.75 Å². The third kappa shape index (κ3) is 5.65. The molecule has 0 atom stereocenters. The summed E-state index contributed by atoms with van der Waals surface area (Å²) < 4.78 is 28.2. The Morgan fingerprint density at radius 2 is 1.79 bits per heavy atom. The van der Waals surface area contributed by atoms with Gasteiger partial charge in [-0.2, -0.15) is 0 Å². The number of hydrogen-bond donors (Lipinski definition) is 2.